The highest BCUT2D eigenvalue weighted by atomic mass is 19.4. The van der Waals surface area contributed by atoms with Crippen LogP contribution in [0.1, 0.15) is 18.9 Å². The van der Waals surface area contributed by atoms with Crippen molar-refractivity contribution in [3.05, 3.63) is 48.0 Å². The first-order chi connectivity index (χ1) is 11.0. The van der Waals surface area contributed by atoms with Crippen LogP contribution in [0.3, 0.4) is 0 Å². The summed E-state index contributed by atoms with van der Waals surface area (Å²) < 4.78 is 36.7. The molecule has 2 aromatic rings. The molecule has 6 heteroatoms. The maximum Gasteiger partial charge on any atom is 0.390 e. The highest BCUT2D eigenvalue weighted by molar-refractivity contribution is 5.86. The summed E-state index contributed by atoms with van der Waals surface area (Å²) in [6, 6.07) is 13.9. The summed E-state index contributed by atoms with van der Waals surface area (Å²) in [7, 11) is 0. The molecule has 0 unspecified atom stereocenters. The SMILES string of the molecule is CCNC(=NCc1cccc2ccccc12)NCCC(F)(F)F. The molecule has 0 radical (unpaired) electrons. The Morgan fingerprint density at radius 2 is 1.78 bits per heavy atom. The Labute approximate surface area is 133 Å². The Bertz CT molecular complexity index is 660. The van der Waals surface area contributed by atoms with Crippen molar-refractivity contribution in [1.82, 2.24) is 10.6 Å². The van der Waals surface area contributed by atoms with Crippen LogP contribution in [0, 0.1) is 0 Å². The van der Waals surface area contributed by atoms with Gasteiger partial charge in [-0.25, -0.2) is 4.99 Å². The lowest BCUT2D eigenvalue weighted by Crippen LogP contribution is -2.38. The van der Waals surface area contributed by atoms with Gasteiger partial charge in [-0.2, -0.15) is 13.2 Å². The average Bonchev–Trinajstić information content (AvgIpc) is 2.51. The number of nitrogens with zero attached hydrogens (tertiary/aromatic N) is 1. The monoisotopic (exact) mass is 323 g/mol. The third-order valence-electron chi connectivity index (χ3n) is 3.33. The number of benzene rings is 2. The fraction of sp³-hybridized carbons (Fsp3) is 0.353. The van der Waals surface area contributed by atoms with Crippen LogP contribution >= 0.6 is 0 Å². The van der Waals surface area contributed by atoms with Gasteiger partial charge in [0.05, 0.1) is 13.0 Å². The van der Waals surface area contributed by atoms with Gasteiger partial charge in [0, 0.05) is 13.1 Å². The third kappa shape index (κ3) is 5.47. The molecular weight excluding hydrogens is 303 g/mol. The van der Waals surface area contributed by atoms with E-state index in [1.54, 1.807) is 0 Å². The molecule has 0 atom stereocenters. The molecule has 2 N–H and O–H groups in total. The number of aliphatic imine (C=N–C) groups is 1. The van der Waals surface area contributed by atoms with E-state index in [-0.39, 0.29) is 6.54 Å². The van der Waals surface area contributed by atoms with Gasteiger partial charge in [-0.3, -0.25) is 0 Å². The van der Waals surface area contributed by atoms with E-state index in [1.165, 1.54) is 0 Å². The van der Waals surface area contributed by atoms with Gasteiger partial charge in [-0.15, -0.1) is 0 Å². The molecule has 0 spiro atoms. The second-order valence-electron chi connectivity index (χ2n) is 5.13. The fourth-order valence-electron chi connectivity index (χ4n) is 2.26. The second-order valence-corrected chi connectivity index (χ2v) is 5.13. The zero-order valence-electron chi connectivity index (χ0n) is 13.0. The minimum absolute atomic E-state index is 0.190. The van der Waals surface area contributed by atoms with Gasteiger partial charge in [0.1, 0.15) is 0 Å². The van der Waals surface area contributed by atoms with Gasteiger partial charge in [0.2, 0.25) is 0 Å². The molecule has 0 aliphatic carbocycles. The molecule has 2 rings (SSSR count). The van der Waals surface area contributed by atoms with Crippen molar-refractivity contribution in [3.8, 4) is 0 Å². The predicted molar refractivity (Wildman–Crippen MR) is 87.4 cm³/mol. The van der Waals surface area contributed by atoms with Crippen molar-refractivity contribution < 1.29 is 13.2 Å². The van der Waals surface area contributed by atoms with Crippen molar-refractivity contribution in [3.63, 3.8) is 0 Å². The Morgan fingerprint density at radius 1 is 1.04 bits per heavy atom. The lowest BCUT2D eigenvalue weighted by Gasteiger charge is -2.13. The molecule has 0 amide bonds. The molecule has 0 aromatic heterocycles. The van der Waals surface area contributed by atoms with Gasteiger partial charge >= 0.3 is 6.18 Å². The van der Waals surface area contributed by atoms with Crippen LogP contribution in [0.15, 0.2) is 47.5 Å². The lowest BCUT2D eigenvalue weighted by molar-refractivity contribution is -0.132. The number of nitrogens with one attached hydrogen (secondary N) is 2. The van der Waals surface area contributed by atoms with Crippen LogP contribution in [0.2, 0.25) is 0 Å². The quantitative estimate of drug-likeness (QED) is 0.648. The molecule has 0 saturated carbocycles. The Balaban J connectivity index is 2.07. The molecule has 0 fully saturated rings. The first-order valence-electron chi connectivity index (χ1n) is 7.55. The van der Waals surface area contributed by atoms with E-state index in [2.05, 4.69) is 15.6 Å². The van der Waals surface area contributed by atoms with Crippen molar-refractivity contribution in [2.75, 3.05) is 13.1 Å². The summed E-state index contributed by atoms with van der Waals surface area (Å²) in [5, 5.41) is 7.90. The van der Waals surface area contributed by atoms with Gasteiger partial charge in [0.15, 0.2) is 5.96 Å². The number of hydrogen-bond donors (Lipinski definition) is 2. The molecule has 2 aromatic carbocycles. The zero-order valence-corrected chi connectivity index (χ0v) is 13.0. The van der Waals surface area contributed by atoms with Crippen LogP contribution < -0.4 is 10.6 Å². The maximum absolute atomic E-state index is 12.2. The number of hydrogen-bond acceptors (Lipinski definition) is 1. The summed E-state index contributed by atoms with van der Waals surface area (Å²) in [5.74, 6) is 0.393. The van der Waals surface area contributed by atoms with E-state index in [0.29, 0.717) is 19.0 Å². The molecule has 0 saturated heterocycles. The maximum atomic E-state index is 12.2. The van der Waals surface area contributed by atoms with Crippen LogP contribution in [-0.2, 0) is 6.54 Å². The van der Waals surface area contributed by atoms with E-state index < -0.39 is 12.6 Å². The van der Waals surface area contributed by atoms with Gasteiger partial charge in [-0.1, -0.05) is 42.5 Å². The van der Waals surface area contributed by atoms with Crippen molar-refractivity contribution in [2.45, 2.75) is 26.1 Å². The zero-order chi connectivity index (χ0) is 16.7. The topological polar surface area (TPSA) is 36.4 Å². The number of halogens is 3. The Hall–Kier alpha value is -2.24. The second kappa shape index (κ2) is 7.85. The van der Waals surface area contributed by atoms with Crippen molar-refractivity contribution >= 4 is 16.7 Å². The summed E-state index contributed by atoms with van der Waals surface area (Å²) >= 11 is 0. The largest absolute Gasteiger partial charge is 0.390 e. The third-order valence-corrected chi connectivity index (χ3v) is 3.33. The van der Waals surface area contributed by atoms with Crippen LogP contribution in [0.5, 0.6) is 0 Å². The van der Waals surface area contributed by atoms with Gasteiger partial charge < -0.3 is 10.6 Å². The Kier molecular flexibility index (Phi) is 5.84. The van der Waals surface area contributed by atoms with E-state index in [9.17, 15) is 13.2 Å². The molecule has 0 aliphatic rings. The van der Waals surface area contributed by atoms with Gasteiger partial charge in [-0.05, 0) is 23.3 Å². The van der Waals surface area contributed by atoms with Gasteiger partial charge in [0.25, 0.3) is 0 Å². The summed E-state index contributed by atoms with van der Waals surface area (Å²) in [5.41, 5.74) is 1.04. The van der Waals surface area contributed by atoms with E-state index in [0.717, 1.165) is 16.3 Å². The Morgan fingerprint density at radius 3 is 2.52 bits per heavy atom. The van der Waals surface area contributed by atoms with E-state index in [4.69, 9.17) is 0 Å². The molecule has 23 heavy (non-hydrogen) atoms. The fourth-order valence-corrected chi connectivity index (χ4v) is 2.26. The normalized spacial score (nSPS) is 12.4. The highest BCUT2D eigenvalue weighted by Gasteiger charge is 2.26. The summed E-state index contributed by atoms with van der Waals surface area (Å²) in [6.45, 7) is 2.68. The minimum Gasteiger partial charge on any atom is -0.357 e. The van der Waals surface area contributed by atoms with Crippen LogP contribution in [0.4, 0.5) is 13.2 Å². The van der Waals surface area contributed by atoms with Crippen molar-refractivity contribution in [2.24, 2.45) is 4.99 Å². The molecule has 0 aliphatic heterocycles. The first kappa shape index (κ1) is 17.1. The van der Waals surface area contributed by atoms with Crippen molar-refractivity contribution in [1.29, 1.82) is 0 Å². The number of rotatable bonds is 5. The predicted octanol–water partition coefficient (Wildman–Crippen LogP) is 3.85. The summed E-state index contributed by atoms with van der Waals surface area (Å²) in [4.78, 5) is 4.38. The number of fused-ring (bicyclic) bond motifs is 1. The first-order valence-corrected chi connectivity index (χ1v) is 7.55. The number of alkyl halides is 3. The molecule has 0 bridgehead atoms. The summed E-state index contributed by atoms with van der Waals surface area (Å²) in [6.07, 6.45) is -5.05. The highest BCUT2D eigenvalue weighted by Crippen LogP contribution is 2.19. The standard InChI is InChI=1S/C17H20F3N3/c1-2-21-16(22-11-10-17(18,19)20)23-12-14-8-5-7-13-6-3-4-9-15(13)14/h3-9H,2,10-12H2,1H3,(H2,21,22,23). The van der Waals surface area contributed by atoms with E-state index in [1.807, 2.05) is 49.4 Å². The molecule has 3 nitrogen and oxygen atoms in total. The molecule has 124 valence electrons. The molecular formula is C17H20F3N3. The van der Waals surface area contributed by atoms with Crippen LogP contribution in [0.25, 0.3) is 10.8 Å². The van der Waals surface area contributed by atoms with E-state index >= 15 is 0 Å². The molecule has 0 heterocycles. The van der Waals surface area contributed by atoms with Crippen LogP contribution in [-0.4, -0.2) is 25.2 Å². The smallest absolute Gasteiger partial charge is 0.357 e. The average molecular weight is 323 g/mol. The number of guanidine groups is 1. The lowest BCUT2D eigenvalue weighted by atomic mass is 10.1. The minimum atomic E-state index is -4.17.